The smallest absolute Gasteiger partial charge is 0.251 e. The first kappa shape index (κ1) is 18.0. The summed E-state index contributed by atoms with van der Waals surface area (Å²) in [6.07, 6.45) is 2.37. The molecule has 1 aromatic rings. The maximum absolute atomic E-state index is 12.2. The van der Waals surface area contributed by atoms with Crippen LogP contribution in [0.3, 0.4) is 0 Å². The van der Waals surface area contributed by atoms with Gasteiger partial charge in [0.2, 0.25) is 5.88 Å². The Labute approximate surface area is 141 Å². The lowest BCUT2D eigenvalue weighted by Crippen LogP contribution is -2.35. The van der Waals surface area contributed by atoms with Crippen molar-refractivity contribution >= 4 is 17.7 Å². The van der Waals surface area contributed by atoms with Crippen molar-refractivity contribution in [1.29, 1.82) is 0 Å². The van der Waals surface area contributed by atoms with Crippen molar-refractivity contribution in [2.75, 3.05) is 31.3 Å². The van der Waals surface area contributed by atoms with Crippen molar-refractivity contribution < 1.29 is 19.0 Å². The van der Waals surface area contributed by atoms with Gasteiger partial charge >= 0.3 is 0 Å². The number of rotatable bonds is 9. The molecule has 1 N–H and O–H groups in total. The summed E-state index contributed by atoms with van der Waals surface area (Å²) < 4.78 is 16.6. The molecule has 0 spiro atoms. The SMILES string of the molecule is CCOC(CNC(=O)c1ccnc(O[C@H]2CCSC2)c1)OCC. The van der Waals surface area contributed by atoms with E-state index in [0.717, 1.165) is 17.9 Å². The number of thioether (sulfide) groups is 1. The van der Waals surface area contributed by atoms with E-state index < -0.39 is 6.29 Å². The van der Waals surface area contributed by atoms with Crippen LogP contribution in [0.5, 0.6) is 5.88 Å². The summed E-state index contributed by atoms with van der Waals surface area (Å²) in [7, 11) is 0. The first-order valence-corrected chi connectivity index (χ1v) is 9.10. The van der Waals surface area contributed by atoms with Gasteiger partial charge in [-0.25, -0.2) is 4.98 Å². The van der Waals surface area contributed by atoms with Crippen LogP contribution in [0.15, 0.2) is 18.3 Å². The predicted molar refractivity (Wildman–Crippen MR) is 90.0 cm³/mol. The normalized spacial score (nSPS) is 17.4. The molecular formula is C16H24N2O4S. The quantitative estimate of drug-likeness (QED) is 0.694. The predicted octanol–water partition coefficient (Wildman–Crippen LogP) is 2.09. The minimum Gasteiger partial charge on any atom is -0.473 e. The van der Waals surface area contributed by atoms with Gasteiger partial charge in [-0.05, 0) is 32.1 Å². The molecule has 1 atom stereocenters. The van der Waals surface area contributed by atoms with E-state index in [-0.39, 0.29) is 12.0 Å². The van der Waals surface area contributed by atoms with Crippen LogP contribution >= 0.6 is 11.8 Å². The molecule has 1 fully saturated rings. The van der Waals surface area contributed by atoms with Gasteiger partial charge in [0.25, 0.3) is 5.91 Å². The minimum absolute atomic E-state index is 0.186. The zero-order valence-corrected chi connectivity index (χ0v) is 14.4. The van der Waals surface area contributed by atoms with Gasteiger partial charge in [-0.3, -0.25) is 4.79 Å². The largest absolute Gasteiger partial charge is 0.473 e. The van der Waals surface area contributed by atoms with Crippen LogP contribution in [0.1, 0.15) is 30.6 Å². The summed E-state index contributed by atoms with van der Waals surface area (Å²) >= 11 is 1.87. The number of hydrogen-bond donors (Lipinski definition) is 1. The van der Waals surface area contributed by atoms with Crippen molar-refractivity contribution in [2.24, 2.45) is 0 Å². The fourth-order valence-corrected chi connectivity index (χ4v) is 3.30. The van der Waals surface area contributed by atoms with Gasteiger partial charge in [-0.2, -0.15) is 11.8 Å². The molecule has 1 aromatic heterocycles. The molecule has 23 heavy (non-hydrogen) atoms. The van der Waals surface area contributed by atoms with Gasteiger partial charge in [0, 0.05) is 36.8 Å². The highest BCUT2D eigenvalue weighted by molar-refractivity contribution is 7.99. The lowest BCUT2D eigenvalue weighted by molar-refractivity contribution is -0.131. The Morgan fingerprint density at radius 3 is 2.87 bits per heavy atom. The summed E-state index contributed by atoms with van der Waals surface area (Å²) in [5, 5.41) is 2.81. The molecule has 1 saturated heterocycles. The minimum atomic E-state index is -0.429. The van der Waals surface area contributed by atoms with Crippen molar-refractivity contribution in [3.63, 3.8) is 0 Å². The molecule has 0 saturated carbocycles. The van der Waals surface area contributed by atoms with Crippen LogP contribution in [0.2, 0.25) is 0 Å². The van der Waals surface area contributed by atoms with E-state index >= 15 is 0 Å². The highest BCUT2D eigenvalue weighted by Crippen LogP contribution is 2.22. The number of nitrogens with zero attached hydrogens (tertiary/aromatic N) is 1. The highest BCUT2D eigenvalue weighted by Gasteiger charge is 2.18. The van der Waals surface area contributed by atoms with Gasteiger partial charge in [-0.1, -0.05) is 0 Å². The lowest BCUT2D eigenvalue weighted by atomic mass is 10.2. The Morgan fingerprint density at radius 2 is 2.22 bits per heavy atom. The number of hydrogen-bond acceptors (Lipinski definition) is 6. The number of ether oxygens (including phenoxy) is 3. The average Bonchev–Trinajstić information content (AvgIpc) is 3.06. The van der Waals surface area contributed by atoms with E-state index in [1.165, 1.54) is 0 Å². The van der Waals surface area contributed by atoms with Gasteiger partial charge in [0.15, 0.2) is 6.29 Å². The van der Waals surface area contributed by atoms with Gasteiger partial charge in [0.05, 0.1) is 6.54 Å². The molecule has 0 aliphatic carbocycles. The van der Waals surface area contributed by atoms with Gasteiger partial charge < -0.3 is 19.5 Å². The molecule has 0 bridgehead atoms. The summed E-state index contributed by atoms with van der Waals surface area (Å²) in [5.41, 5.74) is 0.521. The van der Waals surface area contributed by atoms with Gasteiger partial charge in [0.1, 0.15) is 6.10 Å². The number of carbonyl (C=O) groups excluding carboxylic acids is 1. The molecule has 0 unspecified atom stereocenters. The second-order valence-corrected chi connectivity index (χ2v) is 6.19. The number of pyridine rings is 1. The molecule has 1 aliphatic heterocycles. The Morgan fingerprint density at radius 1 is 1.43 bits per heavy atom. The van der Waals surface area contributed by atoms with Gasteiger partial charge in [-0.15, -0.1) is 0 Å². The van der Waals surface area contributed by atoms with Crippen LogP contribution < -0.4 is 10.1 Å². The van der Waals surface area contributed by atoms with Crippen LogP contribution in [0, 0.1) is 0 Å². The first-order chi connectivity index (χ1) is 11.2. The van der Waals surface area contributed by atoms with Crippen molar-refractivity contribution in [3.8, 4) is 5.88 Å². The summed E-state index contributed by atoms with van der Waals surface area (Å²) in [6.45, 7) is 5.15. The maximum Gasteiger partial charge on any atom is 0.251 e. The Hall–Kier alpha value is -1.31. The van der Waals surface area contributed by atoms with Crippen LogP contribution in [0.25, 0.3) is 0 Å². The molecule has 0 radical (unpaired) electrons. The van der Waals surface area contributed by atoms with Crippen LogP contribution in [0.4, 0.5) is 0 Å². The molecule has 0 aromatic carbocycles. The van der Waals surface area contributed by atoms with E-state index in [1.54, 1.807) is 18.3 Å². The zero-order valence-electron chi connectivity index (χ0n) is 13.6. The zero-order chi connectivity index (χ0) is 16.5. The standard InChI is InChI=1S/C16H24N2O4S/c1-3-20-15(21-4-2)10-18-16(19)12-5-7-17-14(9-12)22-13-6-8-23-11-13/h5,7,9,13,15H,3-4,6,8,10-11H2,1-2H3,(H,18,19)/t13-/m0/s1. The van der Waals surface area contributed by atoms with Crippen molar-refractivity contribution in [2.45, 2.75) is 32.7 Å². The summed E-state index contributed by atoms with van der Waals surface area (Å²) in [6, 6.07) is 3.34. The average molecular weight is 340 g/mol. The fourth-order valence-electron chi connectivity index (χ4n) is 2.21. The van der Waals surface area contributed by atoms with Crippen molar-refractivity contribution in [3.05, 3.63) is 23.9 Å². The van der Waals surface area contributed by atoms with E-state index in [4.69, 9.17) is 14.2 Å². The Balaban J connectivity index is 1.88. The molecule has 6 nitrogen and oxygen atoms in total. The first-order valence-electron chi connectivity index (χ1n) is 7.94. The summed E-state index contributed by atoms with van der Waals surface area (Å²) in [5.74, 6) is 2.39. The van der Waals surface area contributed by atoms with E-state index in [1.807, 2.05) is 25.6 Å². The molecule has 7 heteroatoms. The molecule has 2 heterocycles. The third-order valence-electron chi connectivity index (χ3n) is 3.31. The second-order valence-electron chi connectivity index (χ2n) is 5.04. The molecule has 1 aliphatic rings. The fraction of sp³-hybridized carbons (Fsp3) is 0.625. The Bertz CT molecular complexity index is 489. The van der Waals surface area contributed by atoms with E-state index in [9.17, 15) is 4.79 Å². The number of carbonyl (C=O) groups is 1. The number of amides is 1. The number of nitrogens with one attached hydrogen (secondary N) is 1. The maximum atomic E-state index is 12.2. The monoisotopic (exact) mass is 340 g/mol. The molecule has 128 valence electrons. The number of aromatic nitrogens is 1. The van der Waals surface area contributed by atoms with E-state index in [2.05, 4.69) is 10.3 Å². The van der Waals surface area contributed by atoms with Crippen LogP contribution in [-0.2, 0) is 9.47 Å². The molecule has 2 rings (SSSR count). The molecular weight excluding hydrogens is 316 g/mol. The highest BCUT2D eigenvalue weighted by atomic mass is 32.2. The van der Waals surface area contributed by atoms with Crippen molar-refractivity contribution in [1.82, 2.24) is 10.3 Å². The van der Waals surface area contributed by atoms with E-state index in [0.29, 0.717) is 31.2 Å². The second kappa shape index (κ2) is 9.75. The lowest BCUT2D eigenvalue weighted by Gasteiger charge is -2.17. The topological polar surface area (TPSA) is 69.7 Å². The van der Waals surface area contributed by atoms with Crippen LogP contribution in [-0.4, -0.2) is 54.5 Å². The molecule has 1 amide bonds. The third-order valence-corrected chi connectivity index (χ3v) is 4.44. The Kier molecular flexibility index (Phi) is 7.64. The third kappa shape index (κ3) is 6.01. The summed E-state index contributed by atoms with van der Waals surface area (Å²) in [4.78, 5) is 16.4.